The van der Waals surface area contributed by atoms with Crippen LogP contribution in [0.4, 0.5) is 5.69 Å². The van der Waals surface area contributed by atoms with Crippen LogP contribution in [0.1, 0.15) is 18.1 Å². The van der Waals surface area contributed by atoms with E-state index >= 15 is 0 Å². The van der Waals surface area contributed by atoms with Gasteiger partial charge >= 0.3 is 0 Å². The number of ether oxygens (including phenoxy) is 2. The molecule has 2 rings (SSSR count). The lowest BCUT2D eigenvalue weighted by Gasteiger charge is -2.14. The van der Waals surface area contributed by atoms with E-state index in [1.807, 2.05) is 55.5 Å². The maximum absolute atomic E-state index is 12.1. The van der Waals surface area contributed by atoms with Crippen molar-refractivity contribution in [2.24, 2.45) is 0 Å². The van der Waals surface area contributed by atoms with Gasteiger partial charge in [0.25, 0.3) is 5.91 Å². The van der Waals surface area contributed by atoms with Crippen LogP contribution in [0.2, 0.25) is 0 Å². The van der Waals surface area contributed by atoms with Crippen molar-refractivity contribution in [3.05, 3.63) is 59.7 Å². The van der Waals surface area contributed by atoms with E-state index in [0.29, 0.717) is 6.61 Å². The molecule has 0 saturated heterocycles. The number of rotatable bonds is 6. The number of nitrogens with one attached hydrogen (secondary N) is 1. The second-order valence-corrected chi connectivity index (χ2v) is 5.16. The monoisotopic (exact) mass is 299 g/mol. The molecule has 116 valence electrons. The highest BCUT2D eigenvalue weighted by Crippen LogP contribution is 2.14. The SMILES string of the molecule is COc1cccc(COC(C)C(=O)Nc2ccc(C)cc2)c1. The summed E-state index contributed by atoms with van der Waals surface area (Å²) < 4.78 is 10.8. The first kappa shape index (κ1) is 16.0. The third kappa shape index (κ3) is 4.60. The van der Waals surface area contributed by atoms with Gasteiger partial charge in [-0.15, -0.1) is 0 Å². The molecule has 0 heterocycles. The molecule has 4 heteroatoms. The lowest BCUT2D eigenvalue weighted by atomic mass is 10.2. The average molecular weight is 299 g/mol. The molecule has 0 aliphatic rings. The number of methoxy groups -OCH3 is 1. The third-order valence-electron chi connectivity index (χ3n) is 3.32. The molecule has 0 bridgehead atoms. The van der Waals surface area contributed by atoms with Crippen molar-refractivity contribution in [2.45, 2.75) is 26.6 Å². The van der Waals surface area contributed by atoms with Crippen LogP contribution in [-0.2, 0) is 16.1 Å². The quantitative estimate of drug-likeness (QED) is 0.887. The molecule has 0 radical (unpaired) electrons. The fourth-order valence-electron chi connectivity index (χ4n) is 1.94. The normalized spacial score (nSPS) is 11.8. The van der Waals surface area contributed by atoms with Crippen LogP contribution in [0.3, 0.4) is 0 Å². The highest BCUT2D eigenvalue weighted by atomic mass is 16.5. The Morgan fingerprint density at radius 2 is 1.91 bits per heavy atom. The van der Waals surface area contributed by atoms with E-state index < -0.39 is 6.10 Å². The minimum absolute atomic E-state index is 0.160. The van der Waals surface area contributed by atoms with Crippen molar-refractivity contribution >= 4 is 11.6 Å². The second kappa shape index (κ2) is 7.61. The molecule has 4 nitrogen and oxygen atoms in total. The number of amides is 1. The number of hydrogen-bond acceptors (Lipinski definition) is 3. The summed E-state index contributed by atoms with van der Waals surface area (Å²) in [6.45, 7) is 4.11. The van der Waals surface area contributed by atoms with Gasteiger partial charge in [-0.05, 0) is 43.7 Å². The number of benzene rings is 2. The Morgan fingerprint density at radius 3 is 2.59 bits per heavy atom. The van der Waals surface area contributed by atoms with Gasteiger partial charge in [-0.2, -0.15) is 0 Å². The van der Waals surface area contributed by atoms with Gasteiger partial charge in [-0.1, -0.05) is 29.8 Å². The number of hydrogen-bond donors (Lipinski definition) is 1. The first-order chi connectivity index (χ1) is 10.6. The summed E-state index contributed by atoms with van der Waals surface area (Å²) >= 11 is 0. The van der Waals surface area contributed by atoms with Crippen LogP contribution >= 0.6 is 0 Å². The zero-order valence-electron chi connectivity index (χ0n) is 13.1. The van der Waals surface area contributed by atoms with Crippen LogP contribution in [0.25, 0.3) is 0 Å². The molecule has 0 aromatic heterocycles. The Labute approximate surface area is 131 Å². The highest BCUT2D eigenvalue weighted by Gasteiger charge is 2.13. The number of carbonyl (C=O) groups is 1. The Hall–Kier alpha value is -2.33. The van der Waals surface area contributed by atoms with Crippen molar-refractivity contribution in [1.82, 2.24) is 0 Å². The molecule has 0 aliphatic heterocycles. The van der Waals surface area contributed by atoms with E-state index in [1.54, 1.807) is 14.0 Å². The lowest BCUT2D eigenvalue weighted by Crippen LogP contribution is -2.27. The van der Waals surface area contributed by atoms with E-state index in [9.17, 15) is 4.79 Å². The van der Waals surface area contributed by atoms with E-state index in [4.69, 9.17) is 9.47 Å². The van der Waals surface area contributed by atoms with Gasteiger partial charge in [0.1, 0.15) is 11.9 Å². The summed E-state index contributed by atoms with van der Waals surface area (Å²) in [5.74, 6) is 0.615. The Kier molecular flexibility index (Phi) is 5.55. The molecular weight excluding hydrogens is 278 g/mol. The molecule has 22 heavy (non-hydrogen) atoms. The van der Waals surface area contributed by atoms with Crippen molar-refractivity contribution in [3.63, 3.8) is 0 Å². The van der Waals surface area contributed by atoms with Gasteiger partial charge < -0.3 is 14.8 Å². The second-order valence-electron chi connectivity index (χ2n) is 5.16. The summed E-state index contributed by atoms with van der Waals surface area (Å²) in [5, 5.41) is 2.84. The average Bonchev–Trinajstić information content (AvgIpc) is 2.54. The summed E-state index contributed by atoms with van der Waals surface area (Å²) in [5.41, 5.74) is 2.89. The molecule has 0 fully saturated rings. The molecule has 2 aromatic carbocycles. The van der Waals surface area contributed by atoms with Gasteiger partial charge in [0.2, 0.25) is 0 Å². The Bertz CT molecular complexity index is 622. The lowest BCUT2D eigenvalue weighted by molar-refractivity contribution is -0.127. The molecule has 1 N–H and O–H groups in total. The molecule has 0 aliphatic carbocycles. The zero-order valence-corrected chi connectivity index (χ0v) is 13.1. The molecule has 0 saturated carbocycles. The Balaban J connectivity index is 1.86. The van der Waals surface area contributed by atoms with Crippen molar-refractivity contribution in [3.8, 4) is 5.75 Å². The standard InChI is InChI=1S/C18H21NO3/c1-13-7-9-16(10-8-13)19-18(20)14(2)22-12-15-5-4-6-17(11-15)21-3/h4-11,14H,12H2,1-3H3,(H,19,20). The molecule has 0 spiro atoms. The molecule has 2 aromatic rings. The maximum atomic E-state index is 12.1. The maximum Gasteiger partial charge on any atom is 0.253 e. The van der Waals surface area contributed by atoms with E-state index in [2.05, 4.69) is 5.32 Å². The van der Waals surface area contributed by atoms with E-state index in [0.717, 1.165) is 22.6 Å². The molecule has 1 atom stereocenters. The summed E-state index contributed by atoms with van der Waals surface area (Å²) in [6, 6.07) is 15.3. The van der Waals surface area contributed by atoms with Gasteiger partial charge in [0.15, 0.2) is 0 Å². The van der Waals surface area contributed by atoms with Gasteiger partial charge in [0, 0.05) is 5.69 Å². The predicted molar refractivity (Wildman–Crippen MR) is 87.1 cm³/mol. The number of anilines is 1. The molecular formula is C18H21NO3. The van der Waals surface area contributed by atoms with Crippen LogP contribution < -0.4 is 10.1 Å². The number of carbonyl (C=O) groups excluding carboxylic acids is 1. The van der Waals surface area contributed by atoms with Gasteiger partial charge in [0.05, 0.1) is 13.7 Å². The number of aryl methyl sites for hydroxylation is 1. The van der Waals surface area contributed by atoms with Gasteiger partial charge in [-0.25, -0.2) is 0 Å². The first-order valence-corrected chi connectivity index (χ1v) is 7.20. The fourth-order valence-corrected chi connectivity index (χ4v) is 1.94. The van der Waals surface area contributed by atoms with E-state index in [-0.39, 0.29) is 5.91 Å². The minimum Gasteiger partial charge on any atom is -0.497 e. The zero-order chi connectivity index (χ0) is 15.9. The molecule has 1 unspecified atom stereocenters. The smallest absolute Gasteiger partial charge is 0.253 e. The molecule has 1 amide bonds. The van der Waals surface area contributed by atoms with Crippen molar-refractivity contribution in [2.75, 3.05) is 12.4 Å². The summed E-state index contributed by atoms with van der Waals surface area (Å²) in [6.07, 6.45) is -0.535. The topological polar surface area (TPSA) is 47.6 Å². The van der Waals surface area contributed by atoms with Crippen LogP contribution in [0, 0.1) is 6.92 Å². The Morgan fingerprint density at radius 1 is 1.18 bits per heavy atom. The van der Waals surface area contributed by atoms with Crippen molar-refractivity contribution in [1.29, 1.82) is 0 Å². The fraction of sp³-hybridized carbons (Fsp3) is 0.278. The predicted octanol–water partition coefficient (Wildman–Crippen LogP) is 3.55. The van der Waals surface area contributed by atoms with E-state index in [1.165, 1.54) is 0 Å². The third-order valence-corrected chi connectivity index (χ3v) is 3.32. The van der Waals surface area contributed by atoms with Crippen molar-refractivity contribution < 1.29 is 14.3 Å². The highest BCUT2D eigenvalue weighted by molar-refractivity contribution is 5.93. The summed E-state index contributed by atoms with van der Waals surface area (Å²) in [4.78, 5) is 12.1. The first-order valence-electron chi connectivity index (χ1n) is 7.20. The van der Waals surface area contributed by atoms with Crippen LogP contribution in [-0.4, -0.2) is 19.1 Å². The largest absolute Gasteiger partial charge is 0.497 e. The minimum atomic E-state index is -0.535. The summed E-state index contributed by atoms with van der Waals surface area (Å²) in [7, 11) is 1.62. The van der Waals surface area contributed by atoms with Crippen LogP contribution in [0.5, 0.6) is 5.75 Å². The van der Waals surface area contributed by atoms with Crippen LogP contribution in [0.15, 0.2) is 48.5 Å². The van der Waals surface area contributed by atoms with Gasteiger partial charge in [-0.3, -0.25) is 4.79 Å².